The van der Waals surface area contributed by atoms with Gasteiger partial charge in [-0.15, -0.1) is 0 Å². The van der Waals surface area contributed by atoms with Crippen molar-refractivity contribution in [2.45, 2.75) is 25.3 Å². The molecule has 0 radical (unpaired) electrons. The molecule has 0 saturated heterocycles. The first kappa shape index (κ1) is 14.0. The smallest absolute Gasteiger partial charge is 0.336 e. The van der Waals surface area contributed by atoms with E-state index in [9.17, 15) is 9.90 Å². The van der Waals surface area contributed by atoms with Gasteiger partial charge in [0.25, 0.3) is 0 Å². The molecule has 1 aliphatic carbocycles. The average molecular weight is 306 g/mol. The predicted molar refractivity (Wildman–Crippen MR) is 88.7 cm³/mol. The van der Waals surface area contributed by atoms with Crippen LogP contribution in [0.1, 0.15) is 45.4 Å². The SMILES string of the molecule is Cc1ccc(C(=O)O)c2c1N[C@H](c1cccnc1)[C@@H]1CC=C[C@H]21. The Labute approximate surface area is 134 Å². The zero-order valence-electron chi connectivity index (χ0n) is 12.9. The summed E-state index contributed by atoms with van der Waals surface area (Å²) >= 11 is 0. The third-order valence-electron chi connectivity index (χ3n) is 5.00. The summed E-state index contributed by atoms with van der Waals surface area (Å²) in [6.07, 6.45) is 8.96. The van der Waals surface area contributed by atoms with E-state index >= 15 is 0 Å². The summed E-state index contributed by atoms with van der Waals surface area (Å²) < 4.78 is 0. The summed E-state index contributed by atoms with van der Waals surface area (Å²) in [6, 6.07) is 7.80. The van der Waals surface area contributed by atoms with Crippen molar-refractivity contribution < 1.29 is 9.90 Å². The van der Waals surface area contributed by atoms with Gasteiger partial charge < -0.3 is 10.4 Å². The lowest BCUT2D eigenvalue weighted by molar-refractivity contribution is 0.0695. The van der Waals surface area contributed by atoms with Crippen LogP contribution in [-0.4, -0.2) is 16.1 Å². The van der Waals surface area contributed by atoms with E-state index in [4.69, 9.17) is 0 Å². The standard InChI is InChI=1S/C19H18N2O2/c1-11-7-8-15(19(22)23)16-13-5-2-6-14(13)18(21-17(11)16)12-4-3-9-20-10-12/h2-5,7-10,13-14,18,21H,6H2,1H3,(H,22,23)/t13-,14+,18+/m0/s1. The highest BCUT2D eigenvalue weighted by Crippen LogP contribution is 2.51. The molecule has 4 nitrogen and oxygen atoms in total. The van der Waals surface area contributed by atoms with E-state index in [0.29, 0.717) is 11.5 Å². The molecule has 0 spiro atoms. The number of pyridine rings is 1. The fourth-order valence-corrected chi connectivity index (χ4v) is 3.93. The van der Waals surface area contributed by atoms with E-state index in [0.717, 1.165) is 28.8 Å². The van der Waals surface area contributed by atoms with Crippen LogP contribution in [-0.2, 0) is 0 Å². The number of benzene rings is 1. The maximum atomic E-state index is 11.7. The molecule has 4 heteroatoms. The molecule has 1 aliphatic heterocycles. The van der Waals surface area contributed by atoms with Gasteiger partial charge in [0.15, 0.2) is 0 Å². The van der Waals surface area contributed by atoms with Crippen molar-refractivity contribution in [3.05, 3.63) is 71.1 Å². The van der Waals surface area contributed by atoms with Crippen molar-refractivity contribution in [2.75, 3.05) is 5.32 Å². The van der Waals surface area contributed by atoms with Gasteiger partial charge >= 0.3 is 5.97 Å². The van der Waals surface area contributed by atoms with E-state index in [2.05, 4.69) is 28.5 Å². The molecule has 2 N–H and O–H groups in total. The second kappa shape index (κ2) is 5.23. The summed E-state index contributed by atoms with van der Waals surface area (Å²) in [5.74, 6) is -0.393. The topological polar surface area (TPSA) is 62.2 Å². The van der Waals surface area contributed by atoms with Gasteiger partial charge in [-0.25, -0.2) is 4.79 Å². The number of anilines is 1. The van der Waals surface area contributed by atoms with Gasteiger partial charge in [0, 0.05) is 24.0 Å². The highest BCUT2D eigenvalue weighted by atomic mass is 16.4. The number of hydrogen-bond acceptors (Lipinski definition) is 3. The number of carboxylic acid groups (broad SMARTS) is 1. The molecule has 1 aromatic carbocycles. The molecular formula is C19H18N2O2. The fraction of sp³-hybridized carbons (Fsp3) is 0.263. The lowest BCUT2D eigenvalue weighted by Crippen LogP contribution is -2.31. The third kappa shape index (κ3) is 2.13. The molecular weight excluding hydrogens is 288 g/mol. The Morgan fingerprint density at radius 1 is 1.35 bits per heavy atom. The Bertz CT molecular complexity index is 799. The normalized spacial score (nSPS) is 24.7. The number of nitrogens with zero attached hydrogens (tertiary/aromatic N) is 1. The first-order chi connectivity index (χ1) is 11.2. The van der Waals surface area contributed by atoms with Crippen LogP contribution in [0, 0.1) is 12.8 Å². The molecule has 0 amide bonds. The summed E-state index contributed by atoms with van der Waals surface area (Å²) in [7, 11) is 0. The van der Waals surface area contributed by atoms with Gasteiger partial charge in [-0.2, -0.15) is 0 Å². The Balaban J connectivity index is 1.89. The lowest BCUT2D eigenvalue weighted by Gasteiger charge is -2.38. The Morgan fingerprint density at radius 2 is 2.22 bits per heavy atom. The van der Waals surface area contributed by atoms with Crippen LogP contribution in [0.5, 0.6) is 0 Å². The number of carbonyl (C=O) groups is 1. The van der Waals surface area contributed by atoms with Crippen LogP contribution in [0.4, 0.5) is 5.69 Å². The molecule has 0 bridgehead atoms. The first-order valence-corrected chi connectivity index (χ1v) is 7.86. The van der Waals surface area contributed by atoms with Crippen LogP contribution in [0.3, 0.4) is 0 Å². The molecule has 2 aliphatic rings. The van der Waals surface area contributed by atoms with E-state index in [1.807, 2.05) is 25.3 Å². The number of fused-ring (bicyclic) bond motifs is 3. The van der Waals surface area contributed by atoms with Gasteiger partial charge in [0.05, 0.1) is 11.6 Å². The molecule has 23 heavy (non-hydrogen) atoms. The average Bonchev–Trinajstić information content (AvgIpc) is 3.05. The number of carboxylic acids is 1. The number of aromatic nitrogens is 1. The van der Waals surface area contributed by atoms with Crippen LogP contribution in [0.15, 0.2) is 48.8 Å². The van der Waals surface area contributed by atoms with Gasteiger partial charge in [0.2, 0.25) is 0 Å². The summed E-state index contributed by atoms with van der Waals surface area (Å²) in [5.41, 5.74) is 4.53. The second-order valence-corrected chi connectivity index (χ2v) is 6.29. The summed E-state index contributed by atoms with van der Waals surface area (Å²) in [6.45, 7) is 2.02. The van der Waals surface area contributed by atoms with Crippen molar-refractivity contribution in [3.8, 4) is 0 Å². The van der Waals surface area contributed by atoms with Crippen molar-refractivity contribution in [3.63, 3.8) is 0 Å². The maximum Gasteiger partial charge on any atom is 0.336 e. The molecule has 3 atom stereocenters. The molecule has 0 unspecified atom stereocenters. The quantitative estimate of drug-likeness (QED) is 0.826. The zero-order chi connectivity index (χ0) is 16.0. The zero-order valence-corrected chi connectivity index (χ0v) is 12.9. The molecule has 1 aromatic heterocycles. The number of hydrogen-bond donors (Lipinski definition) is 2. The Kier molecular flexibility index (Phi) is 3.18. The van der Waals surface area contributed by atoms with Crippen LogP contribution in [0.25, 0.3) is 0 Å². The van der Waals surface area contributed by atoms with Crippen LogP contribution >= 0.6 is 0 Å². The fourth-order valence-electron chi connectivity index (χ4n) is 3.93. The van der Waals surface area contributed by atoms with Crippen LogP contribution in [0.2, 0.25) is 0 Å². The van der Waals surface area contributed by atoms with E-state index in [1.165, 1.54) is 0 Å². The number of aryl methyl sites for hydroxylation is 1. The van der Waals surface area contributed by atoms with E-state index in [-0.39, 0.29) is 12.0 Å². The molecule has 2 heterocycles. The van der Waals surface area contributed by atoms with Crippen molar-refractivity contribution >= 4 is 11.7 Å². The molecule has 0 saturated carbocycles. The number of nitrogens with one attached hydrogen (secondary N) is 1. The lowest BCUT2D eigenvalue weighted by atomic mass is 9.75. The van der Waals surface area contributed by atoms with Crippen molar-refractivity contribution in [1.82, 2.24) is 4.98 Å². The predicted octanol–water partition coefficient (Wildman–Crippen LogP) is 3.91. The summed E-state index contributed by atoms with van der Waals surface area (Å²) in [5, 5.41) is 13.2. The van der Waals surface area contributed by atoms with Gasteiger partial charge in [-0.1, -0.05) is 24.3 Å². The minimum atomic E-state index is -0.859. The van der Waals surface area contributed by atoms with Crippen molar-refractivity contribution in [2.24, 2.45) is 5.92 Å². The number of rotatable bonds is 2. The van der Waals surface area contributed by atoms with Gasteiger partial charge in [-0.3, -0.25) is 4.98 Å². The van der Waals surface area contributed by atoms with E-state index < -0.39 is 5.97 Å². The van der Waals surface area contributed by atoms with E-state index in [1.54, 1.807) is 12.3 Å². The van der Waals surface area contributed by atoms with Gasteiger partial charge in [0.1, 0.15) is 0 Å². The summed E-state index contributed by atoms with van der Waals surface area (Å²) in [4.78, 5) is 15.9. The molecule has 0 fully saturated rings. The monoisotopic (exact) mass is 306 g/mol. The Morgan fingerprint density at radius 3 is 2.96 bits per heavy atom. The molecule has 116 valence electrons. The maximum absolute atomic E-state index is 11.7. The van der Waals surface area contributed by atoms with Crippen LogP contribution < -0.4 is 5.32 Å². The largest absolute Gasteiger partial charge is 0.478 e. The number of aromatic carboxylic acids is 1. The first-order valence-electron chi connectivity index (χ1n) is 7.86. The minimum Gasteiger partial charge on any atom is -0.478 e. The highest BCUT2D eigenvalue weighted by Gasteiger charge is 2.40. The minimum absolute atomic E-state index is 0.141. The second-order valence-electron chi connectivity index (χ2n) is 6.29. The molecule has 2 aromatic rings. The van der Waals surface area contributed by atoms with Gasteiger partial charge in [-0.05, 0) is 48.1 Å². The number of allylic oxidation sites excluding steroid dienone is 2. The molecule has 4 rings (SSSR count). The van der Waals surface area contributed by atoms with Crippen molar-refractivity contribution in [1.29, 1.82) is 0 Å². The third-order valence-corrected chi connectivity index (χ3v) is 5.00. The highest BCUT2D eigenvalue weighted by molar-refractivity contribution is 5.93. The Hall–Kier alpha value is -2.62.